The third-order valence-corrected chi connectivity index (χ3v) is 3.31. The standard InChI is InChI=1S/C19H17N5.C2H6/c1-3-5-14(2)7-8-17-23-18-16(6-4-11-21-18)19(24-17)22-15-9-12-20-13-10-15;1-2/h3-13H,1H2,2H3,(H,20,21,22,23,24);1-2H3/b8-7+,14-5-;. The molecule has 26 heavy (non-hydrogen) atoms. The molecule has 0 aliphatic heterocycles. The Balaban J connectivity index is 0.00000117. The van der Waals surface area contributed by atoms with Gasteiger partial charge in [0, 0.05) is 24.3 Å². The van der Waals surface area contributed by atoms with Gasteiger partial charge in [0.2, 0.25) is 0 Å². The lowest BCUT2D eigenvalue weighted by Crippen LogP contribution is -2.00. The minimum atomic E-state index is 0.592. The molecule has 0 unspecified atom stereocenters. The van der Waals surface area contributed by atoms with Crippen molar-refractivity contribution in [1.29, 1.82) is 0 Å². The van der Waals surface area contributed by atoms with E-state index in [1.54, 1.807) is 24.7 Å². The van der Waals surface area contributed by atoms with Crippen LogP contribution in [0.1, 0.15) is 26.6 Å². The number of nitrogens with one attached hydrogen (secondary N) is 1. The normalized spacial score (nSPS) is 11.1. The Morgan fingerprint density at radius 2 is 1.85 bits per heavy atom. The average Bonchev–Trinajstić information content (AvgIpc) is 2.69. The summed E-state index contributed by atoms with van der Waals surface area (Å²) < 4.78 is 0. The van der Waals surface area contributed by atoms with E-state index in [1.165, 1.54) is 0 Å². The SMILES string of the molecule is C=C/C=C(C)\C=C\c1nc(Nc2ccncc2)c2cccnc2n1.CC. The van der Waals surface area contributed by atoms with Gasteiger partial charge in [-0.2, -0.15) is 0 Å². The smallest absolute Gasteiger partial charge is 0.165 e. The van der Waals surface area contributed by atoms with Crippen molar-refractivity contribution >= 4 is 28.6 Å². The van der Waals surface area contributed by atoms with Crippen LogP contribution in [0.15, 0.2) is 73.2 Å². The molecule has 3 aromatic heterocycles. The summed E-state index contributed by atoms with van der Waals surface area (Å²) in [4.78, 5) is 17.5. The number of allylic oxidation sites excluding steroid dienone is 4. The predicted octanol–water partition coefficient (Wildman–Crippen LogP) is 5.34. The highest BCUT2D eigenvalue weighted by Gasteiger charge is 2.07. The maximum absolute atomic E-state index is 4.61. The largest absolute Gasteiger partial charge is 0.339 e. The lowest BCUT2D eigenvalue weighted by molar-refractivity contribution is 1.15. The zero-order valence-corrected chi connectivity index (χ0v) is 15.3. The lowest BCUT2D eigenvalue weighted by Gasteiger charge is -2.09. The summed E-state index contributed by atoms with van der Waals surface area (Å²) in [5.74, 6) is 1.30. The van der Waals surface area contributed by atoms with E-state index >= 15 is 0 Å². The molecule has 1 N–H and O–H groups in total. The number of hydrogen-bond acceptors (Lipinski definition) is 5. The second-order valence-electron chi connectivity index (χ2n) is 5.15. The molecule has 0 spiro atoms. The number of fused-ring (bicyclic) bond motifs is 1. The van der Waals surface area contributed by atoms with E-state index in [9.17, 15) is 0 Å². The first-order chi connectivity index (χ1) is 12.8. The second kappa shape index (κ2) is 9.84. The van der Waals surface area contributed by atoms with Crippen LogP contribution in [0, 0.1) is 0 Å². The van der Waals surface area contributed by atoms with Gasteiger partial charge in [-0.15, -0.1) is 0 Å². The molecule has 5 nitrogen and oxygen atoms in total. The van der Waals surface area contributed by atoms with E-state index < -0.39 is 0 Å². The molecule has 0 amide bonds. The van der Waals surface area contributed by atoms with E-state index in [-0.39, 0.29) is 0 Å². The van der Waals surface area contributed by atoms with Crippen LogP contribution >= 0.6 is 0 Å². The molecule has 0 aliphatic carbocycles. The summed E-state index contributed by atoms with van der Waals surface area (Å²) in [5.41, 5.74) is 2.62. The Hall–Kier alpha value is -3.34. The quantitative estimate of drug-likeness (QED) is 0.633. The fraction of sp³-hybridized carbons (Fsp3) is 0.143. The highest BCUT2D eigenvalue weighted by Crippen LogP contribution is 2.22. The summed E-state index contributed by atoms with van der Waals surface area (Å²) in [6, 6.07) is 7.59. The number of hydrogen-bond donors (Lipinski definition) is 1. The van der Waals surface area contributed by atoms with Crippen LogP contribution in [0.4, 0.5) is 11.5 Å². The monoisotopic (exact) mass is 345 g/mol. The number of pyridine rings is 2. The third kappa shape index (κ3) is 5.08. The highest BCUT2D eigenvalue weighted by atomic mass is 15.1. The minimum Gasteiger partial charge on any atom is -0.339 e. The molecule has 3 rings (SSSR count). The van der Waals surface area contributed by atoms with Crippen molar-refractivity contribution in [3.05, 3.63) is 79.1 Å². The Bertz CT molecular complexity index is 914. The molecular weight excluding hydrogens is 322 g/mol. The van der Waals surface area contributed by atoms with Crippen molar-refractivity contribution in [3.63, 3.8) is 0 Å². The van der Waals surface area contributed by atoms with Gasteiger partial charge in [-0.3, -0.25) is 4.98 Å². The molecule has 0 radical (unpaired) electrons. The zero-order valence-electron chi connectivity index (χ0n) is 15.3. The zero-order chi connectivity index (χ0) is 18.8. The Labute approximate surface area is 154 Å². The van der Waals surface area contributed by atoms with Crippen molar-refractivity contribution in [1.82, 2.24) is 19.9 Å². The summed E-state index contributed by atoms with van der Waals surface area (Å²) in [5, 5.41) is 4.17. The van der Waals surface area contributed by atoms with Gasteiger partial charge >= 0.3 is 0 Å². The van der Waals surface area contributed by atoms with Crippen molar-refractivity contribution in [3.8, 4) is 0 Å². The van der Waals surface area contributed by atoms with E-state index in [0.717, 1.165) is 16.6 Å². The molecular formula is C21H23N5. The Morgan fingerprint density at radius 3 is 2.58 bits per heavy atom. The van der Waals surface area contributed by atoms with Crippen LogP contribution in [0.5, 0.6) is 0 Å². The van der Waals surface area contributed by atoms with Gasteiger partial charge in [0.15, 0.2) is 11.5 Å². The van der Waals surface area contributed by atoms with Gasteiger partial charge < -0.3 is 5.32 Å². The first-order valence-electron chi connectivity index (χ1n) is 8.53. The second-order valence-corrected chi connectivity index (χ2v) is 5.15. The minimum absolute atomic E-state index is 0.592. The number of nitrogens with zero attached hydrogens (tertiary/aromatic N) is 4. The summed E-state index contributed by atoms with van der Waals surface area (Å²) >= 11 is 0. The molecule has 0 atom stereocenters. The molecule has 0 saturated carbocycles. The van der Waals surface area contributed by atoms with Crippen molar-refractivity contribution < 1.29 is 0 Å². The van der Waals surface area contributed by atoms with Crippen LogP contribution in [0.2, 0.25) is 0 Å². The van der Waals surface area contributed by atoms with Crippen LogP contribution in [-0.2, 0) is 0 Å². The first-order valence-corrected chi connectivity index (χ1v) is 8.53. The first kappa shape index (κ1) is 19.0. The van der Waals surface area contributed by atoms with E-state index in [1.807, 2.05) is 63.3 Å². The maximum Gasteiger partial charge on any atom is 0.165 e. The van der Waals surface area contributed by atoms with Gasteiger partial charge in [0.1, 0.15) is 5.82 Å². The predicted molar refractivity (Wildman–Crippen MR) is 109 cm³/mol. The lowest BCUT2D eigenvalue weighted by atomic mass is 10.2. The molecule has 3 aromatic rings. The van der Waals surface area contributed by atoms with Gasteiger partial charge in [-0.05, 0) is 37.3 Å². The van der Waals surface area contributed by atoms with Gasteiger partial charge in [0.05, 0.1) is 5.39 Å². The van der Waals surface area contributed by atoms with Crippen molar-refractivity contribution in [2.24, 2.45) is 0 Å². The fourth-order valence-corrected chi connectivity index (χ4v) is 2.17. The van der Waals surface area contributed by atoms with E-state index in [2.05, 4.69) is 31.8 Å². The summed E-state index contributed by atoms with van der Waals surface area (Å²) in [6.45, 7) is 9.68. The molecule has 3 heterocycles. The maximum atomic E-state index is 4.61. The number of anilines is 2. The summed E-state index contributed by atoms with van der Waals surface area (Å²) in [7, 11) is 0. The molecule has 0 saturated heterocycles. The van der Waals surface area contributed by atoms with Gasteiger partial charge in [-0.25, -0.2) is 15.0 Å². The average molecular weight is 345 g/mol. The van der Waals surface area contributed by atoms with Crippen LogP contribution < -0.4 is 5.32 Å². The van der Waals surface area contributed by atoms with E-state index in [4.69, 9.17) is 0 Å². The van der Waals surface area contributed by atoms with Crippen molar-refractivity contribution in [2.45, 2.75) is 20.8 Å². The highest BCUT2D eigenvalue weighted by molar-refractivity contribution is 5.88. The molecule has 5 heteroatoms. The Morgan fingerprint density at radius 1 is 1.08 bits per heavy atom. The molecule has 0 bridgehead atoms. The number of rotatable bonds is 5. The van der Waals surface area contributed by atoms with E-state index in [0.29, 0.717) is 17.3 Å². The fourth-order valence-electron chi connectivity index (χ4n) is 2.17. The third-order valence-electron chi connectivity index (χ3n) is 3.31. The van der Waals surface area contributed by atoms with Crippen LogP contribution in [0.3, 0.4) is 0 Å². The Kier molecular flexibility index (Phi) is 7.18. The topological polar surface area (TPSA) is 63.6 Å². The van der Waals surface area contributed by atoms with Gasteiger partial charge in [-0.1, -0.05) is 44.2 Å². The van der Waals surface area contributed by atoms with Gasteiger partial charge in [0.25, 0.3) is 0 Å². The molecule has 0 fully saturated rings. The van der Waals surface area contributed by atoms with Crippen molar-refractivity contribution in [2.75, 3.05) is 5.32 Å². The number of aromatic nitrogens is 4. The van der Waals surface area contributed by atoms with Crippen LogP contribution in [-0.4, -0.2) is 19.9 Å². The molecule has 132 valence electrons. The van der Waals surface area contributed by atoms with Crippen LogP contribution in [0.25, 0.3) is 17.1 Å². The molecule has 0 aliphatic rings. The molecule has 0 aromatic carbocycles. The summed E-state index contributed by atoms with van der Waals surface area (Å²) in [6.07, 6.45) is 12.7.